The molecule has 6 heteroatoms. The number of nitrogens with one attached hydrogen (secondary N) is 1. The fraction of sp³-hybridized carbons (Fsp3) is 0.714. The van der Waals surface area contributed by atoms with Crippen LogP contribution in [0.25, 0.3) is 0 Å². The summed E-state index contributed by atoms with van der Waals surface area (Å²) in [6, 6.07) is 0. The number of thioether (sulfide) groups is 1. The molecular formula is C7H14N2O2S2. The highest BCUT2D eigenvalue weighted by molar-refractivity contribution is 8.15. The van der Waals surface area contributed by atoms with E-state index in [1.807, 2.05) is 0 Å². The van der Waals surface area contributed by atoms with Gasteiger partial charge in [0.05, 0.1) is 5.60 Å². The van der Waals surface area contributed by atoms with Crippen LogP contribution in [0, 0.1) is 4.78 Å². The Morgan fingerprint density at radius 2 is 2.38 bits per heavy atom. The zero-order valence-corrected chi connectivity index (χ0v) is 9.24. The Morgan fingerprint density at radius 3 is 2.62 bits per heavy atom. The van der Waals surface area contributed by atoms with Crippen molar-refractivity contribution in [1.82, 2.24) is 0 Å². The molecule has 13 heavy (non-hydrogen) atoms. The van der Waals surface area contributed by atoms with Crippen LogP contribution in [-0.2, 0) is 9.92 Å². The van der Waals surface area contributed by atoms with Gasteiger partial charge in [-0.15, -0.1) is 11.8 Å². The highest BCUT2D eigenvalue weighted by Crippen LogP contribution is 2.37. The minimum atomic E-state index is -3.00. The maximum atomic E-state index is 11.2. The predicted octanol–water partition coefficient (Wildman–Crippen LogP) is 1.02. The fourth-order valence-corrected chi connectivity index (χ4v) is 3.26. The molecule has 1 rings (SSSR count). The van der Waals surface area contributed by atoms with E-state index >= 15 is 0 Å². The van der Waals surface area contributed by atoms with E-state index in [1.54, 1.807) is 19.3 Å². The highest BCUT2D eigenvalue weighted by atomic mass is 32.3. The van der Waals surface area contributed by atoms with Gasteiger partial charge in [0.15, 0.2) is 0 Å². The number of rotatable bonds is 2. The molecule has 4 N–H and O–H groups in total. The van der Waals surface area contributed by atoms with E-state index in [9.17, 15) is 9.32 Å². The average molecular weight is 222 g/mol. The van der Waals surface area contributed by atoms with Crippen molar-refractivity contribution in [2.24, 2.45) is 5.14 Å². The van der Waals surface area contributed by atoms with Gasteiger partial charge in [0.2, 0.25) is 0 Å². The maximum absolute atomic E-state index is 11.2. The SMILES string of the molecule is CC(C)(O)C1=CSC(S(=N)(N)=O)C1. The molecule has 2 unspecified atom stereocenters. The van der Waals surface area contributed by atoms with Crippen LogP contribution in [0.2, 0.25) is 0 Å². The zero-order valence-electron chi connectivity index (χ0n) is 7.61. The van der Waals surface area contributed by atoms with E-state index < -0.39 is 20.1 Å². The molecule has 0 amide bonds. The molecule has 0 spiro atoms. The lowest BCUT2D eigenvalue weighted by atomic mass is 9.98. The molecule has 0 saturated carbocycles. The van der Waals surface area contributed by atoms with Crippen LogP contribution >= 0.6 is 11.8 Å². The van der Waals surface area contributed by atoms with Crippen LogP contribution in [0.3, 0.4) is 0 Å². The summed E-state index contributed by atoms with van der Waals surface area (Å²) in [6.45, 7) is 3.34. The molecule has 0 aliphatic carbocycles. The Kier molecular flexibility index (Phi) is 2.78. The Balaban J connectivity index is 2.74. The fourth-order valence-electron chi connectivity index (χ4n) is 1.03. The summed E-state index contributed by atoms with van der Waals surface area (Å²) in [5, 5.41) is 16.6. The van der Waals surface area contributed by atoms with Crippen LogP contribution in [-0.4, -0.2) is 19.5 Å². The number of hydrogen-bond donors (Lipinski definition) is 3. The first-order valence-electron chi connectivity index (χ1n) is 3.84. The third kappa shape index (κ3) is 2.70. The summed E-state index contributed by atoms with van der Waals surface area (Å²) in [5.41, 5.74) is -0.0974. The monoisotopic (exact) mass is 222 g/mol. The summed E-state index contributed by atoms with van der Waals surface area (Å²) in [5.74, 6) is 0. The van der Waals surface area contributed by atoms with E-state index in [0.717, 1.165) is 5.57 Å². The smallest absolute Gasteiger partial charge is 0.115 e. The van der Waals surface area contributed by atoms with Crippen LogP contribution in [0.15, 0.2) is 11.0 Å². The number of hydrogen-bond acceptors (Lipinski definition) is 4. The standard InChI is InChI=1S/C7H14N2O2S2/c1-7(2,10)5-3-6(12-4-5)13(8,9)11/h4,6,10H,3H2,1-2H3,(H3,8,9,11). The molecule has 0 saturated heterocycles. The quantitative estimate of drug-likeness (QED) is 0.652. The molecule has 0 aromatic rings. The lowest BCUT2D eigenvalue weighted by Gasteiger charge is -2.19. The number of aliphatic hydroxyl groups is 1. The minimum absolute atomic E-state index is 0.408. The topological polar surface area (TPSA) is 87.2 Å². The van der Waals surface area contributed by atoms with E-state index in [1.165, 1.54) is 11.8 Å². The normalized spacial score (nSPS) is 28.3. The van der Waals surface area contributed by atoms with Gasteiger partial charge in [-0.1, -0.05) is 0 Å². The zero-order chi connectivity index (χ0) is 10.3. The second-order valence-electron chi connectivity index (χ2n) is 3.62. The first kappa shape index (κ1) is 11.0. The summed E-state index contributed by atoms with van der Waals surface area (Å²) < 4.78 is 18.0. The molecule has 0 aromatic heterocycles. The van der Waals surface area contributed by atoms with Gasteiger partial charge in [-0.2, -0.15) is 0 Å². The summed E-state index contributed by atoms with van der Waals surface area (Å²) in [4.78, 5) is 0. The molecule has 4 nitrogen and oxygen atoms in total. The third-order valence-electron chi connectivity index (χ3n) is 1.93. The Morgan fingerprint density at radius 1 is 1.85 bits per heavy atom. The Bertz CT molecular complexity index is 327. The van der Waals surface area contributed by atoms with E-state index in [4.69, 9.17) is 9.92 Å². The molecule has 0 fully saturated rings. The molecule has 1 heterocycles. The Hall–Kier alpha value is -0.0400. The predicted molar refractivity (Wildman–Crippen MR) is 55.4 cm³/mol. The van der Waals surface area contributed by atoms with Crippen molar-refractivity contribution in [1.29, 1.82) is 4.78 Å². The van der Waals surface area contributed by atoms with Crippen molar-refractivity contribution in [3.8, 4) is 0 Å². The second kappa shape index (κ2) is 3.27. The highest BCUT2D eigenvalue weighted by Gasteiger charge is 2.31. The van der Waals surface area contributed by atoms with E-state index in [0.29, 0.717) is 6.42 Å². The van der Waals surface area contributed by atoms with Gasteiger partial charge in [0, 0.05) is 0 Å². The van der Waals surface area contributed by atoms with Gasteiger partial charge in [0.25, 0.3) is 0 Å². The average Bonchev–Trinajstić information content (AvgIpc) is 2.28. The van der Waals surface area contributed by atoms with Gasteiger partial charge in [0.1, 0.15) is 14.5 Å². The van der Waals surface area contributed by atoms with Crippen LogP contribution in [0.1, 0.15) is 20.3 Å². The van der Waals surface area contributed by atoms with Crippen molar-refractivity contribution in [3.05, 3.63) is 11.0 Å². The van der Waals surface area contributed by atoms with Crippen LogP contribution in [0.4, 0.5) is 0 Å². The van der Waals surface area contributed by atoms with Crippen LogP contribution in [0.5, 0.6) is 0 Å². The van der Waals surface area contributed by atoms with Crippen molar-refractivity contribution in [3.63, 3.8) is 0 Å². The van der Waals surface area contributed by atoms with E-state index in [-0.39, 0.29) is 0 Å². The van der Waals surface area contributed by atoms with Crippen molar-refractivity contribution >= 4 is 21.7 Å². The summed E-state index contributed by atoms with van der Waals surface area (Å²) in [7, 11) is -3.00. The Labute approximate surface area is 82.7 Å². The maximum Gasteiger partial charge on any atom is 0.115 e. The lowest BCUT2D eigenvalue weighted by molar-refractivity contribution is 0.117. The van der Waals surface area contributed by atoms with Gasteiger partial charge in [-0.25, -0.2) is 14.1 Å². The molecule has 2 atom stereocenters. The van der Waals surface area contributed by atoms with Gasteiger partial charge >= 0.3 is 0 Å². The van der Waals surface area contributed by atoms with Crippen molar-refractivity contribution in [2.45, 2.75) is 30.5 Å². The molecule has 76 valence electrons. The molecule has 0 bridgehead atoms. The molecule has 1 aliphatic rings. The molecular weight excluding hydrogens is 208 g/mol. The first-order chi connectivity index (χ1) is 5.71. The molecule has 1 aliphatic heterocycles. The van der Waals surface area contributed by atoms with Crippen LogP contribution < -0.4 is 5.14 Å². The summed E-state index contributed by atoms with van der Waals surface area (Å²) in [6.07, 6.45) is 0.438. The first-order valence-corrected chi connectivity index (χ1v) is 6.46. The van der Waals surface area contributed by atoms with Gasteiger partial charge < -0.3 is 5.11 Å². The van der Waals surface area contributed by atoms with Crippen molar-refractivity contribution in [2.75, 3.05) is 0 Å². The minimum Gasteiger partial charge on any atom is -0.386 e. The van der Waals surface area contributed by atoms with Crippen molar-refractivity contribution < 1.29 is 9.32 Å². The second-order valence-corrected chi connectivity index (χ2v) is 6.86. The van der Waals surface area contributed by atoms with E-state index in [2.05, 4.69) is 0 Å². The van der Waals surface area contributed by atoms with Gasteiger partial charge in [-0.05, 0) is 31.2 Å². The molecule has 0 aromatic carbocycles. The number of nitrogens with two attached hydrogens (primary N) is 1. The lowest BCUT2D eigenvalue weighted by Crippen LogP contribution is -2.26. The summed E-state index contributed by atoms with van der Waals surface area (Å²) >= 11 is 1.27. The third-order valence-corrected chi connectivity index (χ3v) is 4.95. The molecule has 0 radical (unpaired) electrons. The largest absolute Gasteiger partial charge is 0.386 e. The van der Waals surface area contributed by atoms with Gasteiger partial charge in [-0.3, -0.25) is 0 Å².